The molecule has 1 aromatic carbocycles. The van der Waals surface area contributed by atoms with Gasteiger partial charge in [-0.1, -0.05) is 36.6 Å². The molecule has 0 radical (unpaired) electrons. The number of anilines is 1. The van der Waals surface area contributed by atoms with Crippen LogP contribution in [0.3, 0.4) is 0 Å². The van der Waals surface area contributed by atoms with Gasteiger partial charge in [-0.2, -0.15) is 0 Å². The van der Waals surface area contributed by atoms with E-state index < -0.39 is 0 Å². The van der Waals surface area contributed by atoms with Gasteiger partial charge < -0.3 is 5.32 Å². The Bertz CT molecular complexity index is 843. The van der Waals surface area contributed by atoms with E-state index in [4.69, 9.17) is 11.6 Å². The first kappa shape index (κ1) is 14.5. The molecule has 1 fully saturated rings. The molecule has 0 bridgehead atoms. The van der Waals surface area contributed by atoms with Gasteiger partial charge in [0.05, 0.1) is 16.6 Å². The molecular weight excluding hydrogens is 312 g/mol. The monoisotopic (exact) mass is 328 g/mol. The van der Waals surface area contributed by atoms with Gasteiger partial charge in [0.1, 0.15) is 5.82 Å². The van der Waals surface area contributed by atoms with E-state index >= 15 is 0 Å². The van der Waals surface area contributed by atoms with Crippen molar-refractivity contribution in [1.82, 2.24) is 4.57 Å². The van der Waals surface area contributed by atoms with E-state index in [-0.39, 0.29) is 23.4 Å². The normalized spacial score (nSPS) is 22.1. The van der Waals surface area contributed by atoms with Gasteiger partial charge >= 0.3 is 0 Å². The molecule has 2 atom stereocenters. The van der Waals surface area contributed by atoms with Gasteiger partial charge in [0.25, 0.3) is 5.56 Å². The number of pyridine rings is 1. The lowest BCUT2D eigenvalue weighted by Crippen LogP contribution is -2.29. The van der Waals surface area contributed by atoms with Crippen molar-refractivity contribution in [3.63, 3.8) is 0 Å². The lowest BCUT2D eigenvalue weighted by molar-refractivity contribution is 0.103. The van der Waals surface area contributed by atoms with Crippen LogP contribution in [-0.4, -0.2) is 16.4 Å². The summed E-state index contributed by atoms with van der Waals surface area (Å²) in [5, 5.41) is 3.84. The lowest BCUT2D eigenvalue weighted by atomic mass is 9.91. The average molecular weight is 329 g/mol. The van der Waals surface area contributed by atoms with Crippen molar-refractivity contribution in [2.45, 2.75) is 37.8 Å². The van der Waals surface area contributed by atoms with Crippen molar-refractivity contribution in [2.75, 3.05) is 5.32 Å². The summed E-state index contributed by atoms with van der Waals surface area (Å²) in [4.78, 5) is 25.2. The highest BCUT2D eigenvalue weighted by Crippen LogP contribution is 2.39. The Balaban J connectivity index is 1.83. The van der Waals surface area contributed by atoms with Crippen LogP contribution >= 0.6 is 11.6 Å². The van der Waals surface area contributed by atoms with Crippen LogP contribution in [-0.2, 0) is 0 Å². The number of fused-ring (bicyclic) bond motifs is 3. The van der Waals surface area contributed by atoms with Crippen molar-refractivity contribution in [3.05, 3.63) is 62.9 Å². The second-order valence-electron chi connectivity index (χ2n) is 6.22. The van der Waals surface area contributed by atoms with E-state index in [1.165, 1.54) is 6.07 Å². The van der Waals surface area contributed by atoms with Crippen molar-refractivity contribution >= 4 is 23.2 Å². The Kier molecular flexibility index (Phi) is 3.49. The number of halogens is 1. The van der Waals surface area contributed by atoms with Crippen molar-refractivity contribution in [3.8, 4) is 0 Å². The number of nitrogens with one attached hydrogen (secondary N) is 1. The van der Waals surface area contributed by atoms with Crippen LogP contribution in [0.25, 0.3) is 0 Å². The van der Waals surface area contributed by atoms with Crippen LogP contribution in [0.5, 0.6) is 0 Å². The third-order valence-corrected chi connectivity index (χ3v) is 5.20. The van der Waals surface area contributed by atoms with Gasteiger partial charge in [-0.3, -0.25) is 14.2 Å². The standard InChI is InChI=1S/C18H17ClN2O2/c19-13-6-2-1-5-11(13)17(23)12-9-10-16(22)21-15-8-4-3-7-14(15)20-18(12)21/h1-2,5-6,9-10,14-15,20H,3-4,7-8H2/t14-,15+/m1/s1. The van der Waals surface area contributed by atoms with Crippen molar-refractivity contribution in [2.24, 2.45) is 0 Å². The molecule has 2 aromatic rings. The zero-order valence-electron chi connectivity index (χ0n) is 12.6. The molecule has 1 N–H and O–H groups in total. The number of carbonyl (C=O) groups excluding carboxylic acids is 1. The van der Waals surface area contributed by atoms with Gasteiger partial charge in [0.15, 0.2) is 5.78 Å². The van der Waals surface area contributed by atoms with E-state index in [9.17, 15) is 9.59 Å². The molecule has 0 spiro atoms. The van der Waals surface area contributed by atoms with Crippen LogP contribution in [0, 0.1) is 0 Å². The minimum atomic E-state index is -0.148. The van der Waals surface area contributed by atoms with Crippen molar-refractivity contribution in [1.29, 1.82) is 0 Å². The number of aromatic nitrogens is 1. The molecule has 1 aromatic heterocycles. The van der Waals surface area contributed by atoms with Crippen LogP contribution < -0.4 is 10.9 Å². The Morgan fingerprint density at radius 2 is 1.87 bits per heavy atom. The highest BCUT2D eigenvalue weighted by atomic mass is 35.5. The lowest BCUT2D eigenvalue weighted by Gasteiger charge is -2.25. The summed E-state index contributed by atoms with van der Waals surface area (Å²) in [5.74, 6) is 0.504. The first-order valence-electron chi connectivity index (χ1n) is 7.98. The number of rotatable bonds is 2. The van der Waals surface area contributed by atoms with Gasteiger partial charge in [-0.25, -0.2) is 0 Å². The molecule has 4 nitrogen and oxygen atoms in total. The molecule has 23 heavy (non-hydrogen) atoms. The number of ketones is 1. The number of hydrogen-bond acceptors (Lipinski definition) is 3. The molecule has 4 rings (SSSR count). The van der Waals surface area contributed by atoms with E-state index in [0.717, 1.165) is 25.7 Å². The van der Waals surface area contributed by atoms with E-state index in [1.54, 1.807) is 34.9 Å². The summed E-state index contributed by atoms with van der Waals surface area (Å²) in [5.41, 5.74) is 0.942. The predicted octanol–water partition coefficient (Wildman–Crippen LogP) is 3.64. The predicted molar refractivity (Wildman–Crippen MR) is 90.5 cm³/mol. The van der Waals surface area contributed by atoms with E-state index in [0.29, 0.717) is 22.0 Å². The number of nitrogens with zero attached hydrogens (tertiary/aromatic N) is 1. The Morgan fingerprint density at radius 3 is 2.70 bits per heavy atom. The van der Waals surface area contributed by atoms with Gasteiger partial charge in [0.2, 0.25) is 0 Å². The van der Waals surface area contributed by atoms with Gasteiger partial charge in [0, 0.05) is 17.7 Å². The summed E-state index contributed by atoms with van der Waals surface area (Å²) in [6.45, 7) is 0. The minimum absolute atomic E-state index is 0.0439. The maximum Gasteiger partial charge on any atom is 0.252 e. The number of carbonyl (C=O) groups is 1. The second kappa shape index (κ2) is 5.53. The molecule has 1 saturated carbocycles. The third kappa shape index (κ3) is 2.29. The molecule has 1 aliphatic heterocycles. The first-order valence-corrected chi connectivity index (χ1v) is 8.36. The van der Waals surface area contributed by atoms with Crippen LogP contribution in [0.2, 0.25) is 5.02 Å². The fourth-order valence-electron chi connectivity index (χ4n) is 3.77. The van der Waals surface area contributed by atoms with Crippen LogP contribution in [0.4, 0.5) is 5.82 Å². The first-order chi connectivity index (χ1) is 11.2. The Labute approximate surface area is 139 Å². The molecule has 0 saturated heterocycles. The third-order valence-electron chi connectivity index (χ3n) is 4.87. The van der Waals surface area contributed by atoms with Crippen LogP contribution in [0.15, 0.2) is 41.2 Å². The molecule has 1 aliphatic carbocycles. The van der Waals surface area contributed by atoms with Gasteiger partial charge in [-0.05, 0) is 31.0 Å². The van der Waals surface area contributed by atoms with E-state index in [1.807, 2.05) is 0 Å². The van der Waals surface area contributed by atoms with Crippen molar-refractivity contribution < 1.29 is 4.79 Å². The molecule has 118 valence electrons. The fourth-order valence-corrected chi connectivity index (χ4v) is 3.99. The van der Waals surface area contributed by atoms with Gasteiger partial charge in [-0.15, -0.1) is 0 Å². The zero-order chi connectivity index (χ0) is 16.0. The molecule has 2 heterocycles. The summed E-state index contributed by atoms with van der Waals surface area (Å²) in [7, 11) is 0. The number of benzene rings is 1. The maximum absolute atomic E-state index is 12.9. The molecule has 5 heteroatoms. The molecule has 0 amide bonds. The zero-order valence-corrected chi connectivity index (χ0v) is 13.3. The SMILES string of the molecule is O=C(c1ccccc1Cl)c1ccc(=O)n2c1N[C@@H]1CCCC[C@@H]12. The summed E-state index contributed by atoms with van der Waals surface area (Å²) >= 11 is 6.16. The van der Waals surface area contributed by atoms with Crippen LogP contribution in [0.1, 0.15) is 47.6 Å². The quantitative estimate of drug-likeness (QED) is 0.856. The minimum Gasteiger partial charge on any atom is -0.366 e. The highest BCUT2D eigenvalue weighted by Gasteiger charge is 2.36. The fraction of sp³-hybridized carbons (Fsp3) is 0.333. The maximum atomic E-state index is 12.9. The van der Waals surface area contributed by atoms with E-state index in [2.05, 4.69) is 5.32 Å². The molecule has 2 aliphatic rings. The largest absolute Gasteiger partial charge is 0.366 e. The molecular formula is C18H17ClN2O2. The summed E-state index contributed by atoms with van der Waals surface area (Å²) in [6.07, 6.45) is 4.29. The molecule has 0 unspecified atom stereocenters. The summed E-state index contributed by atoms with van der Waals surface area (Å²) in [6, 6.07) is 10.5. The highest BCUT2D eigenvalue weighted by molar-refractivity contribution is 6.35. The number of hydrogen-bond donors (Lipinski definition) is 1. The Morgan fingerprint density at radius 1 is 1.09 bits per heavy atom. The second-order valence-corrected chi connectivity index (χ2v) is 6.62. The topological polar surface area (TPSA) is 51.1 Å². The summed E-state index contributed by atoms with van der Waals surface area (Å²) < 4.78 is 1.77. The average Bonchev–Trinajstić information content (AvgIpc) is 2.95. The Hall–Kier alpha value is -2.07. The smallest absolute Gasteiger partial charge is 0.252 e.